The number of nitrogens with one attached hydrogen (secondary N) is 1. The Morgan fingerprint density at radius 1 is 1.06 bits per heavy atom. The van der Waals surface area contributed by atoms with Crippen molar-refractivity contribution in [2.24, 2.45) is 0 Å². The summed E-state index contributed by atoms with van der Waals surface area (Å²) in [5.74, 6) is -0.561. The number of carbonyl (C=O) groups is 1. The molecule has 5 rings (SSSR count). The molecule has 7 nitrogen and oxygen atoms in total. The molecule has 2 aromatic carbocycles. The van der Waals surface area contributed by atoms with E-state index in [1.807, 2.05) is 19.1 Å². The normalized spacial score (nSPS) is 11.4. The highest BCUT2D eigenvalue weighted by molar-refractivity contribution is 6.36. The molecular weight excluding hydrogens is 509 g/mol. The number of fused-ring (bicyclic) bond motifs is 1. The smallest absolute Gasteiger partial charge is 0.280 e. The van der Waals surface area contributed by atoms with Gasteiger partial charge in [0, 0.05) is 27.4 Å². The van der Waals surface area contributed by atoms with Crippen LogP contribution in [0.4, 0.5) is 14.5 Å². The third kappa shape index (κ3) is 4.67. The summed E-state index contributed by atoms with van der Waals surface area (Å²) < 4.78 is 30.2. The van der Waals surface area contributed by atoms with Gasteiger partial charge in [0.05, 0.1) is 30.3 Å². The number of hydrogen-bond donors (Lipinski definition) is 1. The average Bonchev–Trinajstić information content (AvgIpc) is 3.48. The van der Waals surface area contributed by atoms with Crippen molar-refractivity contribution in [3.63, 3.8) is 0 Å². The van der Waals surface area contributed by atoms with Crippen molar-refractivity contribution in [2.75, 3.05) is 5.32 Å². The van der Waals surface area contributed by atoms with Crippen LogP contribution in [0, 0.1) is 6.92 Å². The molecule has 0 radical (unpaired) electrons. The van der Waals surface area contributed by atoms with E-state index in [4.69, 9.17) is 23.2 Å². The molecule has 182 valence electrons. The van der Waals surface area contributed by atoms with Crippen molar-refractivity contribution in [1.29, 1.82) is 0 Å². The number of alkyl halides is 2. The summed E-state index contributed by atoms with van der Waals surface area (Å²) in [4.78, 5) is 17.5. The van der Waals surface area contributed by atoms with Gasteiger partial charge in [0.1, 0.15) is 11.3 Å². The number of nitrogens with zero attached hydrogens (tertiary/aromatic N) is 5. The Kier molecular flexibility index (Phi) is 6.42. The number of anilines is 1. The zero-order chi connectivity index (χ0) is 25.4. The second-order valence-corrected chi connectivity index (χ2v) is 8.92. The van der Waals surface area contributed by atoms with Gasteiger partial charge in [0.25, 0.3) is 12.3 Å². The highest BCUT2D eigenvalue weighted by Crippen LogP contribution is 2.28. The van der Waals surface area contributed by atoms with Gasteiger partial charge in [0.15, 0.2) is 5.65 Å². The Hall–Kier alpha value is -3.82. The van der Waals surface area contributed by atoms with Crippen LogP contribution in [0.1, 0.15) is 33.6 Å². The van der Waals surface area contributed by atoms with Crippen LogP contribution in [-0.4, -0.2) is 30.3 Å². The van der Waals surface area contributed by atoms with E-state index < -0.39 is 12.3 Å². The van der Waals surface area contributed by atoms with Crippen molar-refractivity contribution in [3.05, 3.63) is 99.6 Å². The topological polar surface area (TPSA) is 77.1 Å². The Morgan fingerprint density at radius 3 is 2.47 bits per heavy atom. The lowest BCUT2D eigenvalue weighted by Gasteiger charge is -2.09. The number of hydrogen-bond acceptors (Lipinski definition) is 4. The van der Waals surface area contributed by atoms with Crippen LogP contribution in [0.15, 0.2) is 67.1 Å². The fraction of sp³-hybridized carbons (Fsp3) is 0.120. The minimum atomic E-state index is -2.81. The summed E-state index contributed by atoms with van der Waals surface area (Å²) in [5, 5.41) is 12.0. The molecule has 0 unspecified atom stereocenters. The molecule has 1 N–H and O–H groups in total. The number of benzene rings is 2. The second-order valence-electron chi connectivity index (χ2n) is 8.11. The molecule has 0 saturated carbocycles. The van der Waals surface area contributed by atoms with Gasteiger partial charge >= 0.3 is 0 Å². The highest BCUT2D eigenvalue weighted by Gasteiger charge is 2.22. The molecule has 0 spiro atoms. The maximum atomic E-state index is 13.8. The molecule has 0 aliphatic rings. The SMILES string of the molecule is Cc1ccc(-c2cc(C(F)F)n3ncc(C(=O)Nc4cnn(Cc5c(Cl)cccc5Cl)c4)c3n2)cc1. The lowest BCUT2D eigenvalue weighted by atomic mass is 10.1. The number of rotatable bonds is 6. The van der Waals surface area contributed by atoms with E-state index >= 15 is 0 Å². The third-order valence-corrected chi connectivity index (χ3v) is 6.30. The maximum absolute atomic E-state index is 13.8. The highest BCUT2D eigenvalue weighted by atomic mass is 35.5. The van der Waals surface area contributed by atoms with E-state index in [2.05, 4.69) is 20.5 Å². The Labute approximate surface area is 214 Å². The van der Waals surface area contributed by atoms with E-state index in [0.29, 0.717) is 39.1 Å². The van der Waals surface area contributed by atoms with Crippen LogP contribution in [0.5, 0.6) is 0 Å². The molecule has 0 saturated heterocycles. The molecule has 0 bridgehead atoms. The van der Waals surface area contributed by atoms with E-state index in [1.54, 1.807) is 41.2 Å². The van der Waals surface area contributed by atoms with Crippen LogP contribution in [0.2, 0.25) is 10.0 Å². The molecule has 36 heavy (non-hydrogen) atoms. The zero-order valence-electron chi connectivity index (χ0n) is 18.8. The lowest BCUT2D eigenvalue weighted by molar-refractivity contribution is 0.102. The summed E-state index contributed by atoms with van der Waals surface area (Å²) >= 11 is 12.5. The van der Waals surface area contributed by atoms with Crippen molar-refractivity contribution in [1.82, 2.24) is 24.4 Å². The van der Waals surface area contributed by atoms with Crippen molar-refractivity contribution >= 4 is 40.4 Å². The number of carbonyl (C=O) groups excluding carboxylic acids is 1. The van der Waals surface area contributed by atoms with Crippen molar-refractivity contribution < 1.29 is 13.6 Å². The average molecular weight is 527 g/mol. The van der Waals surface area contributed by atoms with E-state index in [-0.39, 0.29) is 16.9 Å². The van der Waals surface area contributed by atoms with Gasteiger partial charge in [0.2, 0.25) is 0 Å². The Bertz CT molecular complexity index is 1560. The number of aromatic nitrogens is 5. The molecule has 0 aliphatic heterocycles. The maximum Gasteiger partial charge on any atom is 0.280 e. The molecule has 1 amide bonds. The molecule has 5 aromatic rings. The molecule has 0 atom stereocenters. The quantitative estimate of drug-likeness (QED) is 0.276. The van der Waals surface area contributed by atoms with Crippen molar-refractivity contribution in [2.45, 2.75) is 19.9 Å². The first kappa shape index (κ1) is 23.9. The predicted octanol–water partition coefficient (Wildman–Crippen LogP) is 6.45. The van der Waals surface area contributed by atoms with Gasteiger partial charge in [-0.2, -0.15) is 10.2 Å². The summed E-state index contributed by atoms with van der Waals surface area (Å²) in [5.41, 5.74) is 2.79. The van der Waals surface area contributed by atoms with Gasteiger partial charge in [-0.25, -0.2) is 18.3 Å². The number of amides is 1. The minimum Gasteiger partial charge on any atom is -0.319 e. The lowest BCUT2D eigenvalue weighted by Crippen LogP contribution is -2.12. The molecule has 11 heteroatoms. The first-order valence-corrected chi connectivity index (χ1v) is 11.6. The third-order valence-electron chi connectivity index (χ3n) is 5.59. The van der Waals surface area contributed by atoms with Gasteiger partial charge in [-0.05, 0) is 25.1 Å². The second kappa shape index (κ2) is 9.67. The monoisotopic (exact) mass is 526 g/mol. The summed E-state index contributed by atoms with van der Waals surface area (Å²) in [6, 6.07) is 13.8. The largest absolute Gasteiger partial charge is 0.319 e. The van der Waals surface area contributed by atoms with Crippen molar-refractivity contribution in [3.8, 4) is 11.3 Å². The minimum absolute atomic E-state index is 0.0242. The fourth-order valence-corrected chi connectivity index (χ4v) is 4.25. The standard InChI is InChI=1S/C25H18Cl2F2N6O/c1-14-5-7-15(8-6-14)21-9-22(23(28)29)35-24(33-21)17(11-31-35)25(36)32-16-10-30-34(12-16)13-18-19(26)3-2-4-20(18)27/h2-12,23H,13H2,1H3,(H,32,36). The van der Waals surface area contributed by atoms with Crippen LogP contribution < -0.4 is 5.32 Å². The van der Waals surface area contributed by atoms with Gasteiger partial charge < -0.3 is 5.32 Å². The predicted molar refractivity (Wildman–Crippen MR) is 134 cm³/mol. The Morgan fingerprint density at radius 2 is 1.78 bits per heavy atom. The summed E-state index contributed by atoms with van der Waals surface area (Å²) in [6.45, 7) is 2.22. The molecule has 0 fully saturated rings. The zero-order valence-corrected chi connectivity index (χ0v) is 20.3. The number of aryl methyl sites for hydroxylation is 1. The van der Waals surface area contributed by atoms with Crippen LogP contribution in [0.25, 0.3) is 16.9 Å². The molecule has 0 aliphatic carbocycles. The molecule has 3 aromatic heterocycles. The first-order valence-electron chi connectivity index (χ1n) is 10.8. The van der Waals surface area contributed by atoms with Crippen LogP contribution >= 0.6 is 23.2 Å². The van der Waals surface area contributed by atoms with Crippen LogP contribution in [0.3, 0.4) is 0 Å². The van der Waals surface area contributed by atoms with Crippen LogP contribution in [-0.2, 0) is 6.54 Å². The summed E-state index contributed by atoms with van der Waals surface area (Å²) in [7, 11) is 0. The van der Waals surface area contributed by atoms with E-state index in [9.17, 15) is 13.6 Å². The molecule has 3 heterocycles. The first-order chi connectivity index (χ1) is 17.3. The Balaban J connectivity index is 1.44. The van der Waals surface area contributed by atoms with Gasteiger partial charge in [-0.1, -0.05) is 59.1 Å². The fourth-order valence-electron chi connectivity index (χ4n) is 3.73. The summed E-state index contributed by atoms with van der Waals surface area (Å²) in [6.07, 6.45) is 1.48. The van der Waals surface area contributed by atoms with Gasteiger partial charge in [-0.3, -0.25) is 9.48 Å². The van der Waals surface area contributed by atoms with E-state index in [0.717, 1.165) is 10.1 Å². The molecular formula is C25H18Cl2F2N6O. The van der Waals surface area contributed by atoms with Gasteiger partial charge in [-0.15, -0.1) is 0 Å². The number of halogens is 4. The van der Waals surface area contributed by atoms with E-state index in [1.165, 1.54) is 18.5 Å².